The standard InChI is InChI=1S/C17H23N3O2/c1-2-17(13-21)7-9-19(10-8-17)16(22)12-20-11-14-5-3-4-6-15(14)18-20/h3-6,11,21H,2,7-10,12-13H2,1H3. The van der Waals surface area contributed by atoms with E-state index < -0.39 is 0 Å². The number of likely N-dealkylation sites (tertiary alicyclic amines) is 1. The van der Waals surface area contributed by atoms with Crippen LogP contribution in [0.3, 0.4) is 0 Å². The molecule has 5 nitrogen and oxygen atoms in total. The lowest BCUT2D eigenvalue weighted by molar-refractivity contribution is -0.135. The highest BCUT2D eigenvalue weighted by Crippen LogP contribution is 2.34. The van der Waals surface area contributed by atoms with Gasteiger partial charge < -0.3 is 10.0 Å². The zero-order valence-corrected chi connectivity index (χ0v) is 13.0. The Morgan fingerprint density at radius 1 is 1.32 bits per heavy atom. The Kier molecular flexibility index (Phi) is 4.16. The predicted octanol–water partition coefficient (Wildman–Crippen LogP) is 2.05. The van der Waals surface area contributed by atoms with E-state index in [1.165, 1.54) is 0 Å². The molecule has 0 bridgehead atoms. The summed E-state index contributed by atoms with van der Waals surface area (Å²) in [6, 6.07) is 7.88. The van der Waals surface area contributed by atoms with Crippen LogP contribution in [-0.2, 0) is 11.3 Å². The van der Waals surface area contributed by atoms with E-state index in [2.05, 4.69) is 12.0 Å². The van der Waals surface area contributed by atoms with Crippen LogP contribution >= 0.6 is 0 Å². The fourth-order valence-corrected chi connectivity index (χ4v) is 3.19. The highest BCUT2D eigenvalue weighted by atomic mass is 16.3. The summed E-state index contributed by atoms with van der Waals surface area (Å²) in [6.07, 6.45) is 4.65. The lowest BCUT2D eigenvalue weighted by Crippen LogP contribution is -2.45. The molecule has 1 aliphatic rings. The fraction of sp³-hybridized carbons (Fsp3) is 0.529. The van der Waals surface area contributed by atoms with Gasteiger partial charge in [-0.2, -0.15) is 5.10 Å². The van der Waals surface area contributed by atoms with Gasteiger partial charge in [0.25, 0.3) is 0 Å². The number of hydrogen-bond donors (Lipinski definition) is 1. The number of benzene rings is 1. The smallest absolute Gasteiger partial charge is 0.244 e. The summed E-state index contributed by atoms with van der Waals surface area (Å²) >= 11 is 0. The summed E-state index contributed by atoms with van der Waals surface area (Å²) in [5.41, 5.74) is 0.927. The van der Waals surface area contributed by atoms with Gasteiger partial charge in [0.1, 0.15) is 6.54 Å². The van der Waals surface area contributed by atoms with Gasteiger partial charge in [0, 0.05) is 31.3 Å². The lowest BCUT2D eigenvalue weighted by atomic mass is 9.77. The molecule has 2 heterocycles. The SMILES string of the molecule is CCC1(CO)CCN(C(=O)Cn2cc3ccccc3n2)CC1. The summed E-state index contributed by atoms with van der Waals surface area (Å²) in [6.45, 7) is 4.08. The Balaban J connectivity index is 1.63. The number of hydrogen-bond acceptors (Lipinski definition) is 3. The summed E-state index contributed by atoms with van der Waals surface area (Å²) in [5.74, 6) is 0.107. The third kappa shape index (κ3) is 2.86. The van der Waals surface area contributed by atoms with Crippen molar-refractivity contribution in [1.82, 2.24) is 14.7 Å². The van der Waals surface area contributed by atoms with Crippen LogP contribution in [0.1, 0.15) is 26.2 Å². The molecule has 5 heteroatoms. The van der Waals surface area contributed by atoms with Gasteiger partial charge in [-0.15, -0.1) is 0 Å². The monoisotopic (exact) mass is 301 g/mol. The number of nitrogens with zero attached hydrogens (tertiary/aromatic N) is 3. The van der Waals surface area contributed by atoms with Crippen molar-refractivity contribution in [2.45, 2.75) is 32.7 Å². The predicted molar refractivity (Wildman–Crippen MR) is 85.4 cm³/mol. The number of carbonyl (C=O) groups is 1. The van der Waals surface area contributed by atoms with Gasteiger partial charge in [-0.25, -0.2) is 0 Å². The third-order valence-corrected chi connectivity index (χ3v) is 5.02. The first-order valence-electron chi connectivity index (χ1n) is 7.97. The molecule has 1 fully saturated rings. The largest absolute Gasteiger partial charge is 0.396 e. The molecule has 1 amide bonds. The van der Waals surface area contributed by atoms with Crippen molar-refractivity contribution in [3.05, 3.63) is 30.5 Å². The molecule has 1 aromatic carbocycles. The second kappa shape index (κ2) is 6.08. The molecule has 0 aliphatic carbocycles. The van der Waals surface area contributed by atoms with Crippen LogP contribution in [0.15, 0.2) is 30.5 Å². The maximum Gasteiger partial charge on any atom is 0.244 e. The van der Waals surface area contributed by atoms with Gasteiger partial charge in [0.15, 0.2) is 0 Å². The van der Waals surface area contributed by atoms with E-state index in [1.807, 2.05) is 35.4 Å². The van der Waals surface area contributed by atoms with Crippen molar-refractivity contribution in [2.75, 3.05) is 19.7 Å². The molecule has 1 saturated heterocycles. The van der Waals surface area contributed by atoms with E-state index >= 15 is 0 Å². The number of fused-ring (bicyclic) bond motifs is 1. The topological polar surface area (TPSA) is 58.4 Å². The first kappa shape index (κ1) is 15.0. The highest BCUT2D eigenvalue weighted by Gasteiger charge is 2.33. The van der Waals surface area contributed by atoms with Gasteiger partial charge in [0.2, 0.25) is 5.91 Å². The van der Waals surface area contributed by atoms with Crippen molar-refractivity contribution < 1.29 is 9.90 Å². The number of aromatic nitrogens is 2. The Hall–Kier alpha value is -1.88. The first-order chi connectivity index (χ1) is 10.7. The van der Waals surface area contributed by atoms with Gasteiger partial charge in [-0.3, -0.25) is 9.48 Å². The molecule has 0 radical (unpaired) electrons. The average Bonchev–Trinajstić information content (AvgIpc) is 2.97. The maximum absolute atomic E-state index is 12.4. The number of rotatable bonds is 4. The minimum Gasteiger partial charge on any atom is -0.396 e. The van der Waals surface area contributed by atoms with E-state index in [1.54, 1.807) is 4.68 Å². The van der Waals surface area contributed by atoms with Crippen LogP contribution in [0.5, 0.6) is 0 Å². The minimum atomic E-state index is 0.0111. The molecular weight excluding hydrogens is 278 g/mol. The van der Waals surface area contributed by atoms with E-state index in [0.717, 1.165) is 43.3 Å². The Morgan fingerprint density at radius 3 is 2.68 bits per heavy atom. The summed E-state index contributed by atoms with van der Waals surface area (Å²) in [5, 5.41) is 15.1. The van der Waals surface area contributed by atoms with Gasteiger partial charge in [-0.05, 0) is 30.7 Å². The zero-order valence-electron chi connectivity index (χ0n) is 13.0. The van der Waals surface area contributed by atoms with Crippen LogP contribution in [0.4, 0.5) is 0 Å². The molecule has 0 unspecified atom stereocenters. The number of aliphatic hydroxyl groups excluding tert-OH is 1. The Labute approximate surface area is 130 Å². The van der Waals surface area contributed by atoms with Gasteiger partial charge in [0.05, 0.1) is 5.52 Å². The quantitative estimate of drug-likeness (QED) is 0.940. The number of carbonyl (C=O) groups excluding carboxylic acids is 1. The number of amides is 1. The molecule has 2 aromatic rings. The van der Waals surface area contributed by atoms with Crippen molar-refractivity contribution in [2.24, 2.45) is 5.41 Å². The summed E-state index contributed by atoms with van der Waals surface area (Å²) in [7, 11) is 0. The molecule has 118 valence electrons. The Bertz CT molecular complexity index is 618. The third-order valence-electron chi connectivity index (χ3n) is 5.02. The van der Waals surface area contributed by atoms with E-state index in [4.69, 9.17) is 0 Å². The minimum absolute atomic E-state index is 0.0111. The van der Waals surface area contributed by atoms with E-state index in [-0.39, 0.29) is 24.5 Å². The van der Waals surface area contributed by atoms with Crippen LogP contribution in [0.2, 0.25) is 0 Å². The summed E-state index contributed by atoms with van der Waals surface area (Å²) in [4.78, 5) is 14.3. The average molecular weight is 301 g/mol. The number of piperidine rings is 1. The van der Waals surface area contributed by atoms with Crippen LogP contribution in [0.25, 0.3) is 10.9 Å². The Morgan fingerprint density at radius 2 is 2.05 bits per heavy atom. The summed E-state index contributed by atoms with van der Waals surface area (Å²) < 4.78 is 1.72. The second-order valence-electron chi connectivity index (χ2n) is 6.28. The molecule has 1 N–H and O–H groups in total. The van der Waals surface area contributed by atoms with Crippen LogP contribution in [0, 0.1) is 5.41 Å². The van der Waals surface area contributed by atoms with Gasteiger partial charge >= 0.3 is 0 Å². The van der Waals surface area contributed by atoms with Crippen molar-refractivity contribution >= 4 is 16.8 Å². The van der Waals surface area contributed by atoms with Crippen molar-refractivity contribution in [3.8, 4) is 0 Å². The van der Waals surface area contributed by atoms with Crippen LogP contribution < -0.4 is 0 Å². The fourth-order valence-electron chi connectivity index (χ4n) is 3.19. The lowest BCUT2D eigenvalue weighted by Gasteiger charge is -2.40. The molecule has 1 aliphatic heterocycles. The van der Waals surface area contributed by atoms with Crippen molar-refractivity contribution in [3.63, 3.8) is 0 Å². The first-order valence-corrected chi connectivity index (χ1v) is 7.97. The second-order valence-corrected chi connectivity index (χ2v) is 6.28. The molecule has 22 heavy (non-hydrogen) atoms. The maximum atomic E-state index is 12.4. The number of aliphatic hydroxyl groups is 1. The molecular formula is C17H23N3O2. The normalized spacial score (nSPS) is 17.8. The molecule has 0 saturated carbocycles. The highest BCUT2D eigenvalue weighted by molar-refractivity contribution is 5.79. The molecule has 0 spiro atoms. The van der Waals surface area contributed by atoms with Gasteiger partial charge in [-0.1, -0.05) is 25.1 Å². The van der Waals surface area contributed by atoms with E-state index in [0.29, 0.717) is 0 Å². The molecule has 3 rings (SSSR count). The van der Waals surface area contributed by atoms with Crippen LogP contribution in [-0.4, -0.2) is 45.4 Å². The van der Waals surface area contributed by atoms with E-state index in [9.17, 15) is 9.90 Å². The molecule has 0 atom stereocenters. The van der Waals surface area contributed by atoms with Crippen molar-refractivity contribution in [1.29, 1.82) is 0 Å². The zero-order chi connectivity index (χ0) is 15.6. The molecule has 1 aromatic heterocycles.